The second-order valence-electron chi connectivity index (χ2n) is 5.37. The van der Waals surface area contributed by atoms with E-state index >= 15 is 0 Å². The lowest BCUT2D eigenvalue weighted by Gasteiger charge is -2.10. The molecular weight excluding hydrogens is 368 g/mol. The molecule has 0 bridgehead atoms. The minimum absolute atomic E-state index is 0.446. The molecule has 3 aromatic rings. The number of pyridine rings is 1. The highest BCUT2D eigenvalue weighted by Crippen LogP contribution is 2.20. The summed E-state index contributed by atoms with van der Waals surface area (Å²) in [5.41, 5.74) is 3.68. The molecule has 0 atom stereocenters. The van der Waals surface area contributed by atoms with E-state index in [4.69, 9.17) is 21.7 Å². The molecule has 134 valence electrons. The van der Waals surface area contributed by atoms with Crippen LogP contribution in [0.15, 0.2) is 48.0 Å². The van der Waals surface area contributed by atoms with E-state index in [0.29, 0.717) is 28.5 Å². The summed E-state index contributed by atoms with van der Waals surface area (Å²) in [6.07, 6.45) is 1.85. The van der Waals surface area contributed by atoms with Gasteiger partial charge in [0.05, 0.1) is 13.7 Å². The second-order valence-corrected chi connectivity index (χ2v) is 6.61. The molecule has 0 unspecified atom stereocenters. The Morgan fingerprint density at radius 2 is 2.00 bits per heavy atom. The highest BCUT2D eigenvalue weighted by atomic mass is 32.1. The van der Waals surface area contributed by atoms with E-state index in [2.05, 4.69) is 32.6 Å². The summed E-state index contributed by atoms with van der Waals surface area (Å²) in [4.78, 5) is 4.83. The molecule has 3 rings (SSSR count). The van der Waals surface area contributed by atoms with Gasteiger partial charge in [0.2, 0.25) is 16.9 Å². The van der Waals surface area contributed by atoms with Gasteiger partial charge in [-0.2, -0.15) is 4.98 Å². The first-order valence-electron chi connectivity index (χ1n) is 8.05. The molecule has 0 saturated heterocycles. The van der Waals surface area contributed by atoms with E-state index in [9.17, 15) is 0 Å². The number of methoxy groups -OCH3 is 1. The number of hydrogen-bond donors (Lipinski definition) is 1. The largest absolute Gasteiger partial charge is 0.481 e. The predicted molar refractivity (Wildman–Crippen MR) is 106 cm³/mol. The minimum Gasteiger partial charge on any atom is -0.481 e. The molecule has 1 N–H and O–H groups in total. The average Bonchev–Trinajstić information content (AvgIpc) is 3.19. The number of nitrogens with one attached hydrogen (secondary N) is 1. The van der Waals surface area contributed by atoms with Crippen molar-refractivity contribution < 1.29 is 9.47 Å². The van der Waals surface area contributed by atoms with Crippen molar-refractivity contribution in [1.29, 1.82) is 0 Å². The van der Waals surface area contributed by atoms with Gasteiger partial charge >= 0.3 is 0 Å². The maximum absolute atomic E-state index is 5.79. The molecule has 0 amide bonds. The molecule has 2 heterocycles. The lowest BCUT2D eigenvalue weighted by Crippen LogP contribution is -2.12. The average molecular weight is 387 g/mol. The van der Waals surface area contributed by atoms with Crippen LogP contribution >= 0.6 is 23.6 Å². The van der Waals surface area contributed by atoms with Gasteiger partial charge in [0.15, 0.2) is 0 Å². The monoisotopic (exact) mass is 386 g/mol. The van der Waals surface area contributed by atoms with E-state index in [-0.39, 0.29) is 0 Å². The minimum atomic E-state index is 0.446. The Balaban J connectivity index is 1.60. The maximum atomic E-state index is 5.79. The van der Waals surface area contributed by atoms with Crippen molar-refractivity contribution in [2.45, 2.75) is 12.8 Å². The van der Waals surface area contributed by atoms with Gasteiger partial charge in [-0.15, -0.1) is 10.2 Å². The molecule has 8 heteroatoms. The van der Waals surface area contributed by atoms with Crippen LogP contribution in [0.25, 0.3) is 0 Å². The molecule has 0 aliphatic heterocycles. The normalized spacial score (nSPS) is 10.3. The van der Waals surface area contributed by atoms with E-state index in [0.717, 1.165) is 18.4 Å². The lowest BCUT2D eigenvalue weighted by molar-refractivity contribution is 0.292. The Morgan fingerprint density at radius 3 is 2.73 bits per heavy atom. The van der Waals surface area contributed by atoms with Gasteiger partial charge in [-0.1, -0.05) is 53.9 Å². The number of benzene rings is 1. The molecule has 0 aliphatic rings. The fraction of sp³-hybridized carbons (Fsp3) is 0.222. The van der Waals surface area contributed by atoms with Gasteiger partial charge < -0.3 is 14.8 Å². The molecule has 0 aliphatic carbocycles. The Labute approximate surface area is 161 Å². The van der Waals surface area contributed by atoms with Crippen LogP contribution in [0, 0.1) is 0 Å². The van der Waals surface area contributed by atoms with Crippen molar-refractivity contribution in [1.82, 2.24) is 15.2 Å². The summed E-state index contributed by atoms with van der Waals surface area (Å²) >= 11 is 6.80. The van der Waals surface area contributed by atoms with Crippen molar-refractivity contribution in [2.75, 3.05) is 19.0 Å². The lowest BCUT2D eigenvalue weighted by atomic mass is 10.1. The van der Waals surface area contributed by atoms with Crippen LogP contribution in [0.4, 0.5) is 5.13 Å². The van der Waals surface area contributed by atoms with Crippen LogP contribution in [-0.4, -0.2) is 33.9 Å². The highest BCUT2D eigenvalue weighted by Gasteiger charge is 2.10. The third-order valence-electron chi connectivity index (χ3n) is 3.53. The van der Waals surface area contributed by atoms with Gasteiger partial charge in [-0.3, -0.25) is 0 Å². The van der Waals surface area contributed by atoms with Gasteiger partial charge in [-0.25, -0.2) is 0 Å². The number of aryl methyl sites for hydroxylation is 1. The molecule has 2 aromatic heterocycles. The van der Waals surface area contributed by atoms with Gasteiger partial charge in [-0.05, 0) is 18.4 Å². The Hall–Kier alpha value is -2.58. The SMILES string of the molecule is COc1cc(C(=S)Nc2nncs2)cc(OCCCc2ccccc2)n1. The zero-order valence-electron chi connectivity index (χ0n) is 14.2. The van der Waals surface area contributed by atoms with Crippen LogP contribution in [0.3, 0.4) is 0 Å². The van der Waals surface area contributed by atoms with E-state index in [1.165, 1.54) is 16.9 Å². The quantitative estimate of drug-likeness (QED) is 0.467. The zero-order valence-corrected chi connectivity index (χ0v) is 15.8. The van der Waals surface area contributed by atoms with Crippen molar-refractivity contribution in [2.24, 2.45) is 0 Å². The van der Waals surface area contributed by atoms with E-state index < -0.39 is 0 Å². The van der Waals surface area contributed by atoms with Crippen LogP contribution in [0.1, 0.15) is 17.5 Å². The Morgan fingerprint density at radius 1 is 1.19 bits per heavy atom. The molecule has 6 nitrogen and oxygen atoms in total. The Bertz CT molecular complexity index is 842. The number of rotatable bonds is 8. The second kappa shape index (κ2) is 9.21. The number of hydrogen-bond acceptors (Lipinski definition) is 7. The maximum Gasteiger partial charge on any atom is 0.217 e. The van der Waals surface area contributed by atoms with Crippen molar-refractivity contribution in [3.63, 3.8) is 0 Å². The van der Waals surface area contributed by atoms with Crippen LogP contribution < -0.4 is 14.8 Å². The third-order valence-corrected chi connectivity index (χ3v) is 4.48. The topological polar surface area (TPSA) is 69.2 Å². The summed E-state index contributed by atoms with van der Waals surface area (Å²) in [5, 5.41) is 11.4. The third kappa shape index (κ3) is 5.21. The van der Waals surface area contributed by atoms with E-state index in [1.807, 2.05) is 18.2 Å². The summed E-state index contributed by atoms with van der Waals surface area (Å²) in [6, 6.07) is 13.9. The number of thiocarbonyl (C=S) groups is 1. The van der Waals surface area contributed by atoms with E-state index in [1.54, 1.807) is 24.8 Å². The molecule has 0 fully saturated rings. The summed E-state index contributed by atoms with van der Waals surface area (Å²) in [5.74, 6) is 0.927. The van der Waals surface area contributed by atoms with Crippen LogP contribution in [-0.2, 0) is 6.42 Å². The number of anilines is 1. The standard InChI is InChI=1S/C18H18N4O2S2/c1-23-15-10-14(17(25)21-18-22-19-12-26-18)11-16(20-15)24-9-5-8-13-6-3-2-4-7-13/h2-4,6-7,10-12H,5,8-9H2,1H3,(H,21,22,25). The van der Waals surface area contributed by atoms with Crippen LogP contribution in [0.2, 0.25) is 0 Å². The number of ether oxygens (including phenoxy) is 2. The van der Waals surface area contributed by atoms with Crippen molar-refractivity contribution in [3.05, 3.63) is 59.1 Å². The summed E-state index contributed by atoms with van der Waals surface area (Å²) in [7, 11) is 1.56. The first kappa shape index (κ1) is 18.2. The van der Waals surface area contributed by atoms with Gasteiger partial charge in [0.1, 0.15) is 10.5 Å². The fourth-order valence-corrected chi connectivity index (χ4v) is 3.01. The number of nitrogens with zero attached hydrogens (tertiary/aromatic N) is 3. The zero-order chi connectivity index (χ0) is 18.2. The smallest absolute Gasteiger partial charge is 0.217 e. The molecule has 0 spiro atoms. The van der Waals surface area contributed by atoms with Crippen LogP contribution in [0.5, 0.6) is 11.8 Å². The highest BCUT2D eigenvalue weighted by molar-refractivity contribution is 7.81. The first-order chi connectivity index (χ1) is 12.7. The molecule has 0 saturated carbocycles. The Kier molecular flexibility index (Phi) is 6.45. The fourth-order valence-electron chi connectivity index (χ4n) is 2.29. The van der Waals surface area contributed by atoms with Gasteiger partial charge in [0.25, 0.3) is 0 Å². The number of aromatic nitrogens is 3. The summed E-state index contributed by atoms with van der Waals surface area (Å²) < 4.78 is 11.0. The molecule has 1 aromatic carbocycles. The van der Waals surface area contributed by atoms with Crippen molar-refractivity contribution >= 4 is 33.7 Å². The molecule has 26 heavy (non-hydrogen) atoms. The van der Waals surface area contributed by atoms with Gasteiger partial charge in [0, 0.05) is 17.7 Å². The molecular formula is C18H18N4O2S2. The van der Waals surface area contributed by atoms with Crippen molar-refractivity contribution in [3.8, 4) is 11.8 Å². The molecule has 0 radical (unpaired) electrons. The first-order valence-corrected chi connectivity index (χ1v) is 9.33. The predicted octanol–water partition coefficient (Wildman–Crippen LogP) is 3.74. The summed E-state index contributed by atoms with van der Waals surface area (Å²) in [6.45, 7) is 0.561.